The number of aliphatic imine (C=N–C) groups is 1. The summed E-state index contributed by atoms with van der Waals surface area (Å²) in [4.78, 5) is 7.27. The lowest BCUT2D eigenvalue weighted by molar-refractivity contribution is 1.08. The van der Waals surface area contributed by atoms with Crippen molar-refractivity contribution in [3.63, 3.8) is 0 Å². The van der Waals surface area contributed by atoms with Gasteiger partial charge in [-0.15, -0.1) is 0 Å². The maximum Gasteiger partial charge on any atom is 0.122 e. The van der Waals surface area contributed by atoms with E-state index < -0.39 is 0 Å². The molecule has 0 bridgehead atoms. The highest BCUT2D eigenvalue weighted by atomic mass is 15.2. The summed E-state index contributed by atoms with van der Waals surface area (Å²) in [6.45, 7) is 0.671. The number of aromatic amines is 1. The second kappa shape index (κ2) is 1.91. The zero-order chi connectivity index (χ0) is 7.97. The van der Waals surface area contributed by atoms with E-state index in [0.717, 1.165) is 17.0 Å². The summed E-state index contributed by atoms with van der Waals surface area (Å²) in [6.07, 6.45) is 5.82. The second-order valence-electron chi connectivity index (χ2n) is 2.81. The number of imidazole rings is 1. The molecule has 2 N–H and O–H groups in total. The molecule has 0 fully saturated rings. The molecule has 0 saturated carbocycles. The Kier molecular flexibility index (Phi) is 0.935. The van der Waals surface area contributed by atoms with E-state index in [1.54, 1.807) is 0 Å². The van der Waals surface area contributed by atoms with Gasteiger partial charge in [0, 0.05) is 24.2 Å². The smallest absolute Gasteiger partial charge is 0.122 e. The predicted molar refractivity (Wildman–Crippen MR) is 47.8 cm³/mol. The van der Waals surface area contributed by atoms with Crippen LogP contribution < -0.4 is 5.32 Å². The molecule has 3 heterocycles. The van der Waals surface area contributed by atoms with Crippen molar-refractivity contribution >= 4 is 17.7 Å². The van der Waals surface area contributed by atoms with Crippen LogP contribution in [0.5, 0.6) is 0 Å². The highest BCUT2D eigenvalue weighted by Gasteiger charge is 2.10. The molecule has 0 unspecified atom stereocenters. The van der Waals surface area contributed by atoms with Crippen molar-refractivity contribution in [3.05, 3.63) is 24.0 Å². The van der Waals surface area contributed by atoms with Gasteiger partial charge in [-0.1, -0.05) is 0 Å². The van der Waals surface area contributed by atoms with Crippen LogP contribution in [0.25, 0.3) is 5.65 Å². The Bertz CT molecular complexity index is 449. The van der Waals surface area contributed by atoms with Crippen molar-refractivity contribution in [1.29, 1.82) is 0 Å². The fourth-order valence-corrected chi connectivity index (χ4v) is 1.56. The number of nitrogens with one attached hydrogen (secondary N) is 2. The molecule has 0 radical (unpaired) electrons. The van der Waals surface area contributed by atoms with Gasteiger partial charge in [-0.05, 0) is 6.07 Å². The molecule has 0 amide bonds. The van der Waals surface area contributed by atoms with Crippen LogP contribution in [0.15, 0.2) is 23.5 Å². The molecule has 2 aromatic rings. The van der Waals surface area contributed by atoms with Crippen LogP contribution in [0.4, 0.5) is 5.82 Å². The third-order valence-electron chi connectivity index (χ3n) is 2.09. The monoisotopic (exact) mass is 160 g/mol. The molecule has 12 heavy (non-hydrogen) atoms. The Hall–Kier alpha value is -1.71. The number of rotatable bonds is 0. The molecule has 0 spiro atoms. The molecule has 1 aliphatic heterocycles. The molecule has 2 aromatic heterocycles. The maximum atomic E-state index is 4.13. The van der Waals surface area contributed by atoms with Crippen LogP contribution in [0.1, 0.15) is 5.56 Å². The quantitative estimate of drug-likeness (QED) is 0.594. The van der Waals surface area contributed by atoms with E-state index in [2.05, 4.69) is 25.8 Å². The third-order valence-corrected chi connectivity index (χ3v) is 2.09. The first-order valence-corrected chi connectivity index (χ1v) is 3.87. The van der Waals surface area contributed by atoms with Crippen LogP contribution in [0, 0.1) is 0 Å². The van der Waals surface area contributed by atoms with Crippen molar-refractivity contribution in [2.24, 2.45) is 4.99 Å². The van der Waals surface area contributed by atoms with Gasteiger partial charge < -0.3 is 10.3 Å². The van der Waals surface area contributed by atoms with Crippen LogP contribution in [-0.4, -0.2) is 22.3 Å². The lowest BCUT2D eigenvalue weighted by Crippen LogP contribution is -2.07. The molecule has 3 rings (SSSR count). The normalized spacial score (nSPS) is 14.7. The number of fused-ring (bicyclic) bond motifs is 3. The van der Waals surface area contributed by atoms with Crippen molar-refractivity contribution in [2.75, 3.05) is 12.0 Å². The number of hydrogen-bond donors (Lipinski definition) is 2. The van der Waals surface area contributed by atoms with Gasteiger partial charge in [0.2, 0.25) is 0 Å². The topological polar surface area (TPSA) is 44.6 Å². The summed E-state index contributed by atoms with van der Waals surface area (Å²) in [7, 11) is 0. The largest absolute Gasteiger partial charge is 0.352 e. The van der Waals surface area contributed by atoms with Gasteiger partial charge in [-0.3, -0.25) is 9.39 Å². The number of H-pyrrole nitrogens is 1. The fraction of sp³-hybridized carbons (Fsp3) is 0.125. The average Bonchev–Trinajstić information content (AvgIpc) is 2.62. The number of anilines is 1. The van der Waals surface area contributed by atoms with Crippen molar-refractivity contribution in [3.8, 4) is 0 Å². The van der Waals surface area contributed by atoms with Crippen LogP contribution in [0.2, 0.25) is 0 Å². The molecule has 1 aliphatic rings. The maximum absolute atomic E-state index is 4.13. The first-order valence-electron chi connectivity index (χ1n) is 3.87. The van der Waals surface area contributed by atoms with Gasteiger partial charge in [0.05, 0.1) is 0 Å². The van der Waals surface area contributed by atoms with Crippen molar-refractivity contribution in [2.45, 2.75) is 0 Å². The van der Waals surface area contributed by atoms with Crippen LogP contribution in [-0.2, 0) is 0 Å². The summed E-state index contributed by atoms with van der Waals surface area (Å²) in [5.41, 5.74) is 2.24. The summed E-state index contributed by atoms with van der Waals surface area (Å²) >= 11 is 0. The standard InChI is InChI=1S/C8H8N4/c1-2-12-7(10-1)3-6-4-9-5-11-8(6)12/h1-4,10-11H,5H2. The predicted octanol–water partition coefficient (Wildman–Crippen LogP) is 1.07. The molecule has 4 nitrogen and oxygen atoms in total. The molecule has 0 aromatic carbocycles. The van der Waals surface area contributed by atoms with E-state index in [0.29, 0.717) is 6.67 Å². The number of hydrogen-bond acceptors (Lipinski definition) is 2. The van der Waals surface area contributed by atoms with Crippen LogP contribution in [0.3, 0.4) is 0 Å². The lowest BCUT2D eigenvalue weighted by Gasteiger charge is -2.07. The Labute approximate surface area is 68.9 Å². The number of aromatic nitrogens is 2. The van der Waals surface area contributed by atoms with Gasteiger partial charge in [0.15, 0.2) is 0 Å². The van der Waals surface area contributed by atoms with E-state index in [4.69, 9.17) is 0 Å². The summed E-state index contributed by atoms with van der Waals surface area (Å²) in [6, 6.07) is 2.07. The minimum atomic E-state index is 0.671. The molecular formula is C8H8N4. The minimum Gasteiger partial charge on any atom is -0.352 e. The third kappa shape index (κ3) is 0.592. The lowest BCUT2D eigenvalue weighted by atomic mass is 10.3. The summed E-state index contributed by atoms with van der Waals surface area (Å²) < 4.78 is 2.08. The van der Waals surface area contributed by atoms with E-state index >= 15 is 0 Å². The zero-order valence-electron chi connectivity index (χ0n) is 6.41. The first kappa shape index (κ1) is 5.88. The first-order chi connectivity index (χ1) is 5.95. The molecular weight excluding hydrogens is 152 g/mol. The fourth-order valence-electron chi connectivity index (χ4n) is 1.56. The SMILES string of the molecule is C1=NCNc2c1cc1[nH]ccn21. The molecule has 0 atom stereocenters. The van der Waals surface area contributed by atoms with E-state index in [1.807, 2.05) is 18.6 Å². The van der Waals surface area contributed by atoms with Gasteiger partial charge in [0.25, 0.3) is 0 Å². The highest BCUT2D eigenvalue weighted by Crippen LogP contribution is 2.20. The Balaban J connectivity index is 2.42. The van der Waals surface area contributed by atoms with Crippen molar-refractivity contribution in [1.82, 2.24) is 9.38 Å². The van der Waals surface area contributed by atoms with Gasteiger partial charge in [-0.2, -0.15) is 0 Å². The van der Waals surface area contributed by atoms with E-state index in [1.165, 1.54) is 0 Å². The summed E-state index contributed by atoms with van der Waals surface area (Å²) in [5.74, 6) is 1.13. The molecule has 60 valence electrons. The van der Waals surface area contributed by atoms with E-state index in [9.17, 15) is 0 Å². The average molecular weight is 160 g/mol. The van der Waals surface area contributed by atoms with Gasteiger partial charge in [0.1, 0.15) is 18.1 Å². The molecule has 0 saturated heterocycles. The molecule has 4 heteroatoms. The Morgan fingerprint density at radius 3 is 3.50 bits per heavy atom. The van der Waals surface area contributed by atoms with Gasteiger partial charge in [-0.25, -0.2) is 0 Å². The molecule has 0 aliphatic carbocycles. The van der Waals surface area contributed by atoms with E-state index in [-0.39, 0.29) is 0 Å². The van der Waals surface area contributed by atoms with Gasteiger partial charge >= 0.3 is 0 Å². The highest BCUT2D eigenvalue weighted by molar-refractivity contribution is 5.91. The van der Waals surface area contributed by atoms with Crippen LogP contribution >= 0.6 is 0 Å². The Morgan fingerprint density at radius 2 is 2.50 bits per heavy atom. The zero-order valence-corrected chi connectivity index (χ0v) is 6.41. The second-order valence-corrected chi connectivity index (χ2v) is 2.81. The number of nitrogens with zero attached hydrogens (tertiary/aromatic N) is 2. The minimum absolute atomic E-state index is 0.671. The van der Waals surface area contributed by atoms with Crippen molar-refractivity contribution < 1.29 is 0 Å². The summed E-state index contributed by atoms with van der Waals surface area (Å²) in [5, 5.41) is 3.22. The Morgan fingerprint density at radius 1 is 1.50 bits per heavy atom.